The van der Waals surface area contributed by atoms with Gasteiger partial charge >= 0.3 is 0 Å². The molecule has 0 unspecified atom stereocenters. The molecule has 0 spiro atoms. The fourth-order valence-corrected chi connectivity index (χ4v) is 3.49. The first kappa shape index (κ1) is 14.6. The number of aryl methyl sites for hydroxylation is 1. The molecule has 2 aromatic heterocycles. The van der Waals surface area contributed by atoms with Crippen LogP contribution < -0.4 is 0 Å². The molecule has 0 saturated heterocycles. The normalized spacial score (nSPS) is 11.5. The van der Waals surface area contributed by atoms with Crippen molar-refractivity contribution in [3.05, 3.63) is 35.2 Å². The minimum atomic E-state index is 0.799. The molecule has 5 heteroatoms. The van der Waals surface area contributed by atoms with E-state index < -0.39 is 0 Å². The van der Waals surface area contributed by atoms with E-state index in [1.807, 2.05) is 30.1 Å². The van der Waals surface area contributed by atoms with Gasteiger partial charge < -0.3 is 9.55 Å². The number of thioether (sulfide) groups is 1. The largest absolute Gasteiger partial charge is 0.329 e. The monoisotopic (exact) mass is 317 g/mol. The highest BCUT2D eigenvalue weighted by Crippen LogP contribution is 2.23. The molecule has 1 aromatic carbocycles. The highest BCUT2D eigenvalue weighted by atomic mass is 32.2. The Morgan fingerprint density at radius 2 is 2.10 bits per heavy atom. The second-order valence-corrected chi connectivity index (χ2v) is 6.55. The zero-order valence-corrected chi connectivity index (χ0v) is 13.8. The number of hydrogen-bond donors (Lipinski definition) is 1. The highest BCUT2D eigenvalue weighted by Gasteiger charge is 2.08. The Labute approximate surface area is 133 Å². The summed E-state index contributed by atoms with van der Waals surface area (Å²) >= 11 is 7.41. The zero-order chi connectivity index (χ0) is 14.7. The molecule has 0 fully saturated rings. The van der Waals surface area contributed by atoms with Gasteiger partial charge in [0.25, 0.3) is 0 Å². The Kier molecular flexibility index (Phi) is 4.60. The first-order valence-electron chi connectivity index (χ1n) is 7.26. The van der Waals surface area contributed by atoms with Crippen LogP contribution in [0, 0.1) is 4.77 Å². The maximum absolute atomic E-state index is 5.49. The van der Waals surface area contributed by atoms with Crippen molar-refractivity contribution >= 4 is 45.9 Å². The van der Waals surface area contributed by atoms with Crippen molar-refractivity contribution in [3.8, 4) is 0 Å². The number of hydrogen-bond acceptors (Lipinski definition) is 3. The van der Waals surface area contributed by atoms with Crippen LogP contribution in [0.4, 0.5) is 0 Å². The number of pyridine rings is 1. The molecule has 0 aliphatic heterocycles. The summed E-state index contributed by atoms with van der Waals surface area (Å²) in [6.07, 6.45) is 7.74. The molecule has 0 atom stereocenters. The summed E-state index contributed by atoms with van der Waals surface area (Å²) in [5.74, 6) is 1.24. The Bertz CT molecular complexity index is 804. The van der Waals surface area contributed by atoms with Crippen LogP contribution in [-0.2, 0) is 6.54 Å². The van der Waals surface area contributed by atoms with Crippen molar-refractivity contribution in [2.45, 2.75) is 25.8 Å². The molecule has 3 nitrogen and oxygen atoms in total. The molecule has 3 rings (SSSR count). The predicted molar refractivity (Wildman–Crippen MR) is 94.7 cm³/mol. The fourth-order valence-electron chi connectivity index (χ4n) is 2.70. The van der Waals surface area contributed by atoms with E-state index in [4.69, 9.17) is 12.2 Å². The average molecular weight is 317 g/mol. The number of aromatic nitrogens is 3. The second-order valence-electron chi connectivity index (χ2n) is 5.17. The van der Waals surface area contributed by atoms with Gasteiger partial charge in [-0.1, -0.05) is 24.6 Å². The zero-order valence-electron chi connectivity index (χ0n) is 12.1. The third kappa shape index (κ3) is 2.99. The van der Waals surface area contributed by atoms with Crippen molar-refractivity contribution in [1.82, 2.24) is 14.5 Å². The molecule has 0 bridgehead atoms. The topological polar surface area (TPSA) is 33.6 Å². The summed E-state index contributed by atoms with van der Waals surface area (Å²) < 4.78 is 3.03. The van der Waals surface area contributed by atoms with Crippen LogP contribution in [0.2, 0.25) is 0 Å². The van der Waals surface area contributed by atoms with Gasteiger partial charge in [0.15, 0.2) is 4.77 Å². The molecule has 0 aliphatic rings. The number of unbranched alkanes of at least 4 members (excludes halogenated alkanes) is 2. The number of nitrogens with zero attached hydrogens (tertiary/aromatic N) is 2. The lowest BCUT2D eigenvalue weighted by Gasteiger charge is -2.06. The highest BCUT2D eigenvalue weighted by molar-refractivity contribution is 7.98. The van der Waals surface area contributed by atoms with E-state index >= 15 is 0 Å². The number of imidazole rings is 1. The number of nitrogens with one attached hydrogen (secondary N) is 1. The van der Waals surface area contributed by atoms with Gasteiger partial charge in [-0.2, -0.15) is 11.8 Å². The van der Waals surface area contributed by atoms with Crippen LogP contribution in [0.25, 0.3) is 21.9 Å². The van der Waals surface area contributed by atoms with Crippen LogP contribution >= 0.6 is 24.0 Å². The predicted octanol–water partition coefficient (Wildman–Crippen LogP) is 4.78. The first-order valence-corrected chi connectivity index (χ1v) is 9.06. The quantitative estimate of drug-likeness (QED) is 0.524. The van der Waals surface area contributed by atoms with E-state index in [-0.39, 0.29) is 0 Å². The van der Waals surface area contributed by atoms with Gasteiger partial charge in [-0.15, -0.1) is 0 Å². The molecule has 2 heterocycles. The molecular formula is C16H19N3S2. The van der Waals surface area contributed by atoms with Crippen LogP contribution in [0.1, 0.15) is 19.3 Å². The second kappa shape index (κ2) is 6.62. The Hall–Kier alpha value is -1.33. The van der Waals surface area contributed by atoms with Crippen molar-refractivity contribution in [1.29, 1.82) is 0 Å². The number of para-hydroxylation sites is 1. The van der Waals surface area contributed by atoms with Crippen LogP contribution in [0.15, 0.2) is 30.5 Å². The lowest BCUT2D eigenvalue weighted by molar-refractivity contribution is 0.611. The van der Waals surface area contributed by atoms with E-state index in [9.17, 15) is 0 Å². The summed E-state index contributed by atoms with van der Waals surface area (Å²) in [7, 11) is 0. The summed E-state index contributed by atoms with van der Waals surface area (Å²) in [5, 5.41) is 1.17. The first-order chi connectivity index (χ1) is 10.3. The van der Waals surface area contributed by atoms with E-state index in [0.29, 0.717) is 0 Å². The van der Waals surface area contributed by atoms with Gasteiger partial charge in [0.05, 0.1) is 22.7 Å². The summed E-state index contributed by atoms with van der Waals surface area (Å²) in [6.45, 7) is 0.973. The Balaban J connectivity index is 1.95. The van der Waals surface area contributed by atoms with E-state index in [2.05, 4.69) is 32.9 Å². The number of aromatic amines is 1. The Morgan fingerprint density at radius 3 is 2.95 bits per heavy atom. The smallest absolute Gasteiger partial charge is 0.178 e. The van der Waals surface area contributed by atoms with Crippen LogP contribution in [0.3, 0.4) is 0 Å². The van der Waals surface area contributed by atoms with Crippen molar-refractivity contribution in [2.75, 3.05) is 12.0 Å². The van der Waals surface area contributed by atoms with Gasteiger partial charge in [0.1, 0.15) is 0 Å². The summed E-state index contributed by atoms with van der Waals surface area (Å²) in [5.41, 5.74) is 3.24. The van der Waals surface area contributed by atoms with E-state index in [0.717, 1.165) is 22.3 Å². The maximum Gasteiger partial charge on any atom is 0.178 e. The van der Waals surface area contributed by atoms with Gasteiger partial charge in [0, 0.05) is 11.9 Å². The fraction of sp³-hybridized carbons (Fsp3) is 0.375. The molecule has 110 valence electrons. The van der Waals surface area contributed by atoms with Crippen molar-refractivity contribution < 1.29 is 0 Å². The number of benzene rings is 1. The van der Waals surface area contributed by atoms with Gasteiger partial charge in [-0.3, -0.25) is 4.98 Å². The lowest BCUT2D eigenvalue weighted by Crippen LogP contribution is -1.99. The van der Waals surface area contributed by atoms with Gasteiger partial charge in [-0.05, 0) is 43.1 Å². The molecular weight excluding hydrogens is 298 g/mol. The molecule has 0 aliphatic carbocycles. The lowest BCUT2D eigenvalue weighted by atomic mass is 10.2. The van der Waals surface area contributed by atoms with Crippen molar-refractivity contribution in [3.63, 3.8) is 0 Å². The summed E-state index contributed by atoms with van der Waals surface area (Å²) in [6, 6.07) is 8.25. The Morgan fingerprint density at radius 1 is 1.24 bits per heavy atom. The number of rotatable bonds is 6. The summed E-state index contributed by atoms with van der Waals surface area (Å²) in [4.78, 5) is 7.77. The number of fused-ring (bicyclic) bond motifs is 3. The number of H-pyrrole nitrogens is 1. The SMILES string of the molecule is CSCCCCCn1c(=S)[nH]c2cnc3ccccc3c21. The molecule has 3 aromatic rings. The van der Waals surface area contributed by atoms with Crippen LogP contribution in [-0.4, -0.2) is 26.5 Å². The van der Waals surface area contributed by atoms with Crippen LogP contribution in [0.5, 0.6) is 0 Å². The van der Waals surface area contributed by atoms with Gasteiger partial charge in [0.2, 0.25) is 0 Å². The minimum Gasteiger partial charge on any atom is -0.329 e. The molecule has 1 N–H and O–H groups in total. The van der Waals surface area contributed by atoms with Gasteiger partial charge in [-0.25, -0.2) is 0 Å². The van der Waals surface area contributed by atoms with E-state index in [1.165, 1.54) is 35.9 Å². The minimum absolute atomic E-state index is 0.799. The molecule has 21 heavy (non-hydrogen) atoms. The molecule has 0 saturated carbocycles. The third-order valence-corrected chi connectivity index (χ3v) is 4.75. The van der Waals surface area contributed by atoms with Crippen molar-refractivity contribution in [2.24, 2.45) is 0 Å². The standard InChI is InChI=1S/C16H19N3S2/c1-21-10-6-2-5-9-19-15-12-7-3-4-8-13(12)17-11-14(15)18-16(19)20/h3-4,7-8,11H,2,5-6,9-10H2,1H3,(H,18,20). The maximum atomic E-state index is 5.49. The molecule has 0 radical (unpaired) electrons. The average Bonchev–Trinajstić information content (AvgIpc) is 2.83. The molecule has 0 amide bonds. The third-order valence-electron chi connectivity index (χ3n) is 3.73. The van der Waals surface area contributed by atoms with E-state index in [1.54, 1.807) is 0 Å².